The van der Waals surface area contributed by atoms with Gasteiger partial charge in [-0.3, -0.25) is 4.79 Å². The van der Waals surface area contributed by atoms with Crippen LogP contribution in [0.4, 0.5) is 24.7 Å². The number of anilines is 2. The van der Waals surface area contributed by atoms with Crippen molar-refractivity contribution in [2.24, 2.45) is 11.8 Å². The zero-order valence-corrected chi connectivity index (χ0v) is 18.1. The minimum absolute atomic E-state index is 0.0851. The first-order valence-electron chi connectivity index (χ1n) is 10.6. The van der Waals surface area contributed by atoms with Crippen molar-refractivity contribution in [1.82, 2.24) is 15.1 Å². The molecule has 2 bridgehead atoms. The molecular formula is C22H23ClF3N5O. The molecule has 6 nitrogen and oxygen atoms in total. The van der Waals surface area contributed by atoms with Gasteiger partial charge in [0.25, 0.3) is 5.91 Å². The number of nitrogen functional groups attached to an aromatic ring is 1. The molecule has 3 aliphatic rings. The van der Waals surface area contributed by atoms with Crippen LogP contribution in [0.25, 0.3) is 0 Å². The van der Waals surface area contributed by atoms with Crippen molar-refractivity contribution in [3.05, 3.63) is 51.8 Å². The average Bonchev–Trinajstić information content (AvgIpc) is 3.43. The van der Waals surface area contributed by atoms with Crippen LogP contribution in [-0.2, 0) is 11.0 Å². The summed E-state index contributed by atoms with van der Waals surface area (Å²) in [6, 6.07) is 4.97. The van der Waals surface area contributed by atoms with Gasteiger partial charge in [-0.1, -0.05) is 24.1 Å². The van der Waals surface area contributed by atoms with Gasteiger partial charge >= 0.3 is 6.18 Å². The number of hydrogen-bond acceptors (Lipinski definition) is 4. The molecule has 32 heavy (non-hydrogen) atoms. The van der Waals surface area contributed by atoms with Crippen LogP contribution in [0.2, 0.25) is 5.02 Å². The van der Waals surface area contributed by atoms with Crippen LogP contribution in [0.1, 0.15) is 49.9 Å². The van der Waals surface area contributed by atoms with E-state index in [-0.39, 0.29) is 22.8 Å². The monoisotopic (exact) mass is 465 g/mol. The Morgan fingerprint density at radius 3 is 2.69 bits per heavy atom. The molecule has 0 spiro atoms. The Morgan fingerprint density at radius 1 is 1.28 bits per heavy atom. The van der Waals surface area contributed by atoms with Crippen molar-refractivity contribution in [3.63, 3.8) is 0 Å². The molecule has 2 saturated carbocycles. The van der Waals surface area contributed by atoms with Gasteiger partial charge in [0, 0.05) is 17.8 Å². The van der Waals surface area contributed by atoms with Gasteiger partial charge in [0.05, 0.1) is 16.3 Å². The number of halogens is 4. The Balaban J connectivity index is 1.56. The molecule has 1 aliphatic heterocycles. The number of fused-ring (bicyclic) bond motifs is 3. The zero-order chi connectivity index (χ0) is 22.8. The highest BCUT2D eigenvalue weighted by Gasteiger charge is 2.43. The summed E-state index contributed by atoms with van der Waals surface area (Å²) in [4.78, 5) is 13.5. The lowest BCUT2D eigenvalue weighted by molar-refractivity contribution is -0.141. The lowest BCUT2D eigenvalue weighted by Crippen LogP contribution is -2.42. The standard InChI is InChI=1S/C22H23ClF3N5O/c1-10-19(21(32)29-16-7-11-2-3-12(16)6-11)20(13-4-5-15(27)14(23)8-13)31-18(28-10)9-17(30-31)22(24,25)26/h4-5,8-9,11-12,16,20,28H,2-3,6-7,27H2,1H3,(H,29,32). The molecule has 4 N–H and O–H groups in total. The molecule has 1 amide bonds. The average molecular weight is 466 g/mol. The molecule has 2 heterocycles. The number of benzene rings is 1. The maximum atomic E-state index is 13.5. The fourth-order valence-electron chi connectivity index (χ4n) is 5.39. The lowest BCUT2D eigenvalue weighted by Gasteiger charge is -2.31. The summed E-state index contributed by atoms with van der Waals surface area (Å²) in [5.74, 6) is 0.955. The Labute approximate surface area is 188 Å². The van der Waals surface area contributed by atoms with Gasteiger partial charge in [0.2, 0.25) is 0 Å². The molecule has 4 unspecified atom stereocenters. The lowest BCUT2D eigenvalue weighted by atomic mass is 9.92. The Kier molecular flexibility index (Phi) is 4.92. The highest BCUT2D eigenvalue weighted by atomic mass is 35.5. The summed E-state index contributed by atoms with van der Waals surface area (Å²) in [7, 11) is 0. The van der Waals surface area contributed by atoms with E-state index in [1.807, 2.05) is 0 Å². The third-order valence-electron chi connectivity index (χ3n) is 6.90. The molecule has 0 radical (unpaired) electrons. The second-order valence-electron chi connectivity index (χ2n) is 8.96. The number of alkyl halides is 3. The van der Waals surface area contributed by atoms with Gasteiger partial charge in [-0.2, -0.15) is 18.3 Å². The summed E-state index contributed by atoms with van der Waals surface area (Å²) in [5.41, 5.74) is 6.46. The van der Waals surface area contributed by atoms with Crippen molar-refractivity contribution in [2.45, 2.75) is 50.9 Å². The molecular weight excluding hydrogens is 443 g/mol. The second-order valence-corrected chi connectivity index (χ2v) is 9.37. The summed E-state index contributed by atoms with van der Waals surface area (Å²) >= 11 is 6.21. The first-order chi connectivity index (χ1) is 15.1. The number of carbonyl (C=O) groups excluding carboxylic acids is 1. The minimum atomic E-state index is -4.62. The number of amides is 1. The van der Waals surface area contributed by atoms with Crippen LogP contribution in [0, 0.1) is 11.8 Å². The van der Waals surface area contributed by atoms with Gasteiger partial charge in [-0.05, 0) is 55.7 Å². The van der Waals surface area contributed by atoms with Crippen molar-refractivity contribution in [3.8, 4) is 0 Å². The third-order valence-corrected chi connectivity index (χ3v) is 7.23. The van der Waals surface area contributed by atoms with E-state index in [0.717, 1.165) is 25.3 Å². The van der Waals surface area contributed by atoms with Crippen LogP contribution >= 0.6 is 11.6 Å². The van der Waals surface area contributed by atoms with Crippen molar-refractivity contribution in [1.29, 1.82) is 0 Å². The molecule has 2 aliphatic carbocycles. The number of aromatic nitrogens is 2. The van der Waals surface area contributed by atoms with Crippen molar-refractivity contribution >= 4 is 29.0 Å². The number of nitrogens with zero attached hydrogens (tertiary/aromatic N) is 2. The molecule has 170 valence electrons. The number of hydrogen-bond donors (Lipinski definition) is 3. The quantitative estimate of drug-likeness (QED) is 0.572. The highest BCUT2D eigenvalue weighted by molar-refractivity contribution is 6.33. The topological polar surface area (TPSA) is 85.0 Å². The maximum Gasteiger partial charge on any atom is 0.435 e. The van der Waals surface area contributed by atoms with E-state index in [1.54, 1.807) is 25.1 Å². The van der Waals surface area contributed by atoms with E-state index in [0.29, 0.717) is 34.4 Å². The first-order valence-corrected chi connectivity index (χ1v) is 11.0. The van der Waals surface area contributed by atoms with E-state index in [4.69, 9.17) is 17.3 Å². The summed E-state index contributed by atoms with van der Waals surface area (Å²) in [5, 5.41) is 10.1. The number of nitrogens with two attached hydrogens (primary N) is 1. The number of carbonyl (C=O) groups is 1. The highest BCUT2D eigenvalue weighted by Crippen LogP contribution is 2.45. The fourth-order valence-corrected chi connectivity index (χ4v) is 5.58. The summed E-state index contributed by atoms with van der Waals surface area (Å²) in [6.45, 7) is 1.69. The SMILES string of the molecule is CC1=C(C(=O)NC2CC3CCC2C3)C(c2ccc(N)c(Cl)c2)n2nc(C(F)(F)F)cc2N1. The van der Waals surface area contributed by atoms with E-state index in [9.17, 15) is 18.0 Å². The number of nitrogens with one attached hydrogen (secondary N) is 2. The first kappa shape index (κ1) is 21.2. The van der Waals surface area contributed by atoms with E-state index in [2.05, 4.69) is 15.7 Å². The number of rotatable bonds is 3. The minimum Gasteiger partial charge on any atom is -0.398 e. The van der Waals surface area contributed by atoms with E-state index < -0.39 is 17.9 Å². The molecule has 4 atom stereocenters. The van der Waals surface area contributed by atoms with Crippen LogP contribution in [0.15, 0.2) is 35.5 Å². The Hall–Kier alpha value is -2.68. The third kappa shape index (κ3) is 3.52. The largest absolute Gasteiger partial charge is 0.435 e. The molecule has 2 aromatic rings. The van der Waals surface area contributed by atoms with Gasteiger partial charge in [-0.15, -0.1) is 0 Å². The Bertz CT molecular complexity index is 1130. The molecule has 5 rings (SSSR count). The molecule has 2 fully saturated rings. The van der Waals surface area contributed by atoms with Crippen molar-refractivity contribution in [2.75, 3.05) is 11.1 Å². The zero-order valence-electron chi connectivity index (χ0n) is 17.3. The molecule has 1 aromatic heterocycles. The predicted molar refractivity (Wildman–Crippen MR) is 115 cm³/mol. The smallest absolute Gasteiger partial charge is 0.398 e. The van der Waals surface area contributed by atoms with Crippen LogP contribution in [0.5, 0.6) is 0 Å². The van der Waals surface area contributed by atoms with Crippen LogP contribution in [0.3, 0.4) is 0 Å². The number of allylic oxidation sites excluding steroid dienone is 1. The molecule has 10 heteroatoms. The van der Waals surface area contributed by atoms with Gasteiger partial charge in [0.15, 0.2) is 5.69 Å². The van der Waals surface area contributed by atoms with Crippen LogP contribution in [-0.4, -0.2) is 21.7 Å². The van der Waals surface area contributed by atoms with Crippen molar-refractivity contribution < 1.29 is 18.0 Å². The molecule has 0 saturated heterocycles. The molecule has 1 aromatic carbocycles. The second kappa shape index (κ2) is 7.43. The van der Waals surface area contributed by atoms with Gasteiger partial charge in [-0.25, -0.2) is 4.68 Å². The normalized spacial score (nSPS) is 26.8. The van der Waals surface area contributed by atoms with Gasteiger partial charge < -0.3 is 16.4 Å². The maximum absolute atomic E-state index is 13.5. The Morgan fingerprint density at radius 2 is 2.06 bits per heavy atom. The predicted octanol–water partition coefficient (Wildman–Crippen LogP) is 4.73. The fraction of sp³-hybridized carbons (Fsp3) is 0.455. The van der Waals surface area contributed by atoms with Crippen LogP contribution < -0.4 is 16.4 Å². The summed E-state index contributed by atoms with van der Waals surface area (Å²) < 4.78 is 41.4. The van der Waals surface area contributed by atoms with Gasteiger partial charge in [0.1, 0.15) is 11.9 Å². The summed E-state index contributed by atoms with van der Waals surface area (Å²) in [6.07, 6.45) is -0.254. The van der Waals surface area contributed by atoms with E-state index >= 15 is 0 Å². The van der Waals surface area contributed by atoms with E-state index in [1.165, 1.54) is 11.1 Å².